The number of hydrogen-bond donors (Lipinski definition) is 0. The maximum Gasteiger partial charge on any atom is 0.302 e. The predicted molar refractivity (Wildman–Crippen MR) is 90.1 cm³/mol. The Morgan fingerprint density at radius 2 is 1.74 bits per heavy atom. The fourth-order valence-corrected chi connectivity index (χ4v) is 1.45. The van der Waals surface area contributed by atoms with Gasteiger partial charge in [0, 0.05) is 26.7 Å². The molecule has 0 heterocycles. The first-order valence-electron chi connectivity index (χ1n) is 7.30. The van der Waals surface area contributed by atoms with Gasteiger partial charge in [-0.15, -0.1) is 0 Å². The first kappa shape index (κ1) is 20.3. The van der Waals surface area contributed by atoms with Gasteiger partial charge in [0.15, 0.2) is 0 Å². The van der Waals surface area contributed by atoms with Crippen molar-refractivity contribution in [2.45, 2.75) is 39.7 Å². The molecule has 0 aliphatic carbocycles. The van der Waals surface area contributed by atoms with Crippen LogP contribution in [0.5, 0.6) is 0 Å². The summed E-state index contributed by atoms with van der Waals surface area (Å²) in [5, 5.41) is 0. The van der Waals surface area contributed by atoms with E-state index in [1.54, 1.807) is 18.2 Å². The molecule has 0 saturated heterocycles. The van der Waals surface area contributed by atoms with E-state index < -0.39 is 0 Å². The molecule has 0 amide bonds. The highest BCUT2D eigenvalue weighted by Crippen LogP contribution is 2.06. The minimum absolute atomic E-state index is 0.229. The van der Waals surface area contributed by atoms with Crippen LogP contribution < -0.4 is 0 Å². The van der Waals surface area contributed by atoms with Crippen LogP contribution in [-0.4, -0.2) is 24.6 Å². The van der Waals surface area contributed by atoms with Gasteiger partial charge >= 0.3 is 11.9 Å². The van der Waals surface area contributed by atoms with E-state index in [1.807, 2.05) is 25.2 Å². The van der Waals surface area contributed by atoms with Gasteiger partial charge in [-0.25, -0.2) is 0 Å². The normalized spacial score (nSPS) is 11.6. The standard InChI is InChI=1S/C19H22O4/c1-4-5-6-7-8-9-10-11-12-13-14-19(23-18(3)21)15-16-22-17(2)20/h4-5,10-13,19H,14-16H2,1-3H3/b5-4+,11-10+,13-12+. The fraction of sp³-hybridized carbons (Fsp3) is 0.368. The van der Waals surface area contributed by atoms with Crippen molar-refractivity contribution in [1.82, 2.24) is 0 Å². The van der Waals surface area contributed by atoms with Crippen LogP contribution in [0.3, 0.4) is 0 Å². The quantitative estimate of drug-likeness (QED) is 0.412. The summed E-state index contributed by atoms with van der Waals surface area (Å²) < 4.78 is 10.0. The third kappa shape index (κ3) is 15.5. The summed E-state index contributed by atoms with van der Waals surface area (Å²) in [4.78, 5) is 21.7. The molecular formula is C19H22O4. The van der Waals surface area contributed by atoms with Crippen LogP contribution in [0.2, 0.25) is 0 Å². The monoisotopic (exact) mass is 314 g/mol. The van der Waals surface area contributed by atoms with Crippen molar-refractivity contribution >= 4 is 11.9 Å². The topological polar surface area (TPSA) is 52.6 Å². The predicted octanol–water partition coefficient (Wildman–Crippen LogP) is 2.96. The molecule has 0 saturated carbocycles. The molecule has 4 heteroatoms. The van der Waals surface area contributed by atoms with Gasteiger partial charge in [-0.05, 0) is 30.9 Å². The van der Waals surface area contributed by atoms with Crippen LogP contribution in [0.4, 0.5) is 0 Å². The van der Waals surface area contributed by atoms with E-state index in [0.717, 1.165) is 0 Å². The van der Waals surface area contributed by atoms with Crippen molar-refractivity contribution in [3.05, 3.63) is 36.5 Å². The van der Waals surface area contributed by atoms with Crippen molar-refractivity contribution in [2.75, 3.05) is 6.61 Å². The Morgan fingerprint density at radius 3 is 2.35 bits per heavy atom. The molecule has 122 valence electrons. The summed E-state index contributed by atoms with van der Waals surface area (Å²) in [6, 6.07) is 0. The second kappa shape index (κ2) is 14.2. The molecule has 1 unspecified atom stereocenters. The number of ether oxygens (including phenoxy) is 2. The number of esters is 2. The Kier molecular flexibility index (Phi) is 12.5. The average Bonchev–Trinajstić information content (AvgIpc) is 2.48. The summed E-state index contributed by atoms with van der Waals surface area (Å²) >= 11 is 0. The molecular weight excluding hydrogens is 292 g/mol. The minimum atomic E-state index is -0.354. The first-order valence-corrected chi connectivity index (χ1v) is 7.30. The maximum atomic E-state index is 11.0. The average molecular weight is 314 g/mol. The van der Waals surface area contributed by atoms with Crippen LogP contribution >= 0.6 is 0 Å². The van der Waals surface area contributed by atoms with E-state index in [1.165, 1.54) is 13.8 Å². The summed E-state index contributed by atoms with van der Waals surface area (Å²) in [6.07, 6.45) is 11.4. The highest BCUT2D eigenvalue weighted by Gasteiger charge is 2.10. The van der Waals surface area contributed by atoms with Gasteiger partial charge in [0.25, 0.3) is 0 Å². The molecule has 4 nitrogen and oxygen atoms in total. The Morgan fingerprint density at radius 1 is 1.04 bits per heavy atom. The molecule has 0 bridgehead atoms. The van der Waals surface area contributed by atoms with E-state index in [-0.39, 0.29) is 24.6 Å². The number of rotatable bonds is 7. The maximum absolute atomic E-state index is 11.0. The molecule has 23 heavy (non-hydrogen) atoms. The first-order chi connectivity index (χ1) is 11.1. The van der Waals surface area contributed by atoms with Crippen LogP contribution in [0.25, 0.3) is 0 Å². The van der Waals surface area contributed by atoms with E-state index >= 15 is 0 Å². The third-order valence-corrected chi connectivity index (χ3v) is 2.36. The summed E-state index contributed by atoms with van der Waals surface area (Å²) in [5.74, 6) is 10.2. The van der Waals surface area contributed by atoms with Gasteiger partial charge in [-0.1, -0.05) is 36.1 Å². The zero-order valence-corrected chi connectivity index (χ0v) is 13.8. The van der Waals surface area contributed by atoms with E-state index in [2.05, 4.69) is 23.7 Å². The van der Waals surface area contributed by atoms with Crippen LogP contribution in [0.15, 0.2) is 36.5 Å². The molecule has 0 spiro atoms. The molecule has 0 aromatic carbocycles. The lowest BCUT2D eigenvalue weighted by atomic mass is 10.2. The Labute approximate surface area is 138 Å². The molecule has 0 rings (SSSR count). The smallest absolute Gasteiger partial charge is 0.302 e. The third-order valence-electron chi connectivity index (χ3n) is 2.36. The molecule has 0 aliphatic heterocycles. The SMILES string of the molecule is C/C=C/C#CC#C/C=C/C=C/CC(CCOC(C)=O)OC(C)=O. The van der Waals surface area contributed by atoms with Gasteiger partial charge < -0.3 is 9.47 Å². The van der Waals surface area contributed by atoms with E-state index in [4.69, 9.17) is 9.47 Å². The van der Waals surface area contributed by atoms with Crippen molar-refractivity contribution in [3.8, 4) is 23.7 Å². The number of hydrogen-bond acceptors (Lipinski definition) is 4. The molecule has 1 atom stereocenters. The lowest BCUT2D eigenvalue weighted by molar-refractivity contribution is -0.148. The second-order valence-electron chi connectivity index (χ2n) is 4.42. The zero-order chi connectivity index (χ0) is 17.3. The van der Waals surface area contributed by atoms with Gasteiger partial charge in [0.05, 0.1) is 6.61 Å². The lowest BCUT2D eigenvalue weighted by Gasteiger charge is -2.14. The fourth-order valence-electron chi connectivity index (χ4n) is 1.45. The summed E-state index contributed by atoms with van der Waals surface area (Å²) in [6.45, 7) is 4.82. The van der Waals surface area contributed by atoms with Crippen LogP contribution in [-0.2, 0) is 19.1 Å². The van der Waals surface area contributed by atoms with Crippen LogP contribution in [0, 0.1) is 23.7 Å². The molecule has 0 aromatic heterocycles. The van der Waals surface area contributed by atoms with Crippen molar-refractivity contribution in [3.63, 3.8) is 0 Å². The largest absolute Gasteiger partial charge is 0.466 e. The van der Waals surface area contributed by atoms with Gasteiger partial charge in [0.2, 0.25) is 0 Å². The van der Waals surface area contributed by atoms with E-state index in [9.17, 15) is 9.59 Å². The van der Waals surface area contributed by atoms with Crippen molar-refractivity contribution in [1.29, 1.82) is 0 Å². The zero-order valence-electron chi connectivity index (χ0n) is 13.8. The number of carbonyl (C=O) groups excluding carboxylic acids is 2. The molecule has 0 N–H and O–H groups in total. The molecule has 0 aliphatic rings. The molecule has 0 fully saturated rings. The summed E-state index contributed by atoms with van der Waals surface area (Å²) in [7, 11) is 0. The van der Waals surface area contributed by atoms with Crippen molar-refractivity contribution < 1.29 is 19.1 Å². The van der Waals surface area contributed by atoms with Gasteiger partial charge in [-0.3, -0.25) is 9.59 Å². The molecule has 0 radical (unpaired) electrons. The number of carbonyl (C=O) groups is 2. The van der Waals surface area contributed by atoms with E-state index in [0.29, 0.717) is 12.8 Å². The van der Waals surface area contributed by atoms with Gasteiger partial charge in [0.1, 0.15) is 6.10 Å². The molecule has 0 aromatic rings. The number of allylic oxidation sites excluding steroid dienone is 5. The van der Waals surface area contributed by atoms with Crippen molar-refractivity contribution in [2.24, 2.45) is 0 Å². The second-order valence-corrected chi connectivity index (χ2v) is 4.42. The Bertz CT molecular complexity index is 574. The minimum Gasteiger partial charge on any atom is -0.466 e. The summed E-state index contributed by atoms with van der Waals surface area (Å²) in [5.41, 5.74) is 0. The van der Waals surface area contributed by atoms with Crippen LogP contribution in [0.1, 0.15) is 33.6 Å². The van der Waals surface area contributed by atoms with Gasteiger partial charge in [-0.2, -0.15) is 0 Å². The highest BCUT2D eigenvalue weighted by atomic mass is 16.6. The highest BCUT2D eigenvalue weighted by molar-refractivity contribution is 5.66. The Balaban J connectivity index is 4.24. The Hall–Kier alpha value is -2.72. The lowest BCUT2D eigenvalue weighted by Crippen LogP contribution is -2.18.